The molecule has 5 aliphatic heterocycles. The normalized spacial score (nSPS) is 23.6. The van der Waals surface area contributed by atoms with Crippen LogP contribution in [0.3, 0.4) is 0 Å². The Balaban J connectivity index is 0.000000222. The second-order valence-corrected chi connectivity index (χ2v) is 11.5. The first kappa shape index (κ1) is 40.0. The molecule has 2 aromatic rings. The molecule has 0 aromatic carbocycles. The molecule has 50 heavy (non-hydrogen) atoms. The minimum absolute atomic E-state index is 0. The number of rotatable bonds is 2. The van der Waals surface area contributed by atoms with Crippen molar-refractivity contribution < 1.29 is 66.6 Å². The summed E-state index contributed by atoms with van der Waals surface area (Å²) in [5.41, 5.74) is -2.22. The van der Waals surface area contributed by atoms with E-state index in [0.29, 0.717) is 49.5 Å². The maximum Gasteiger partial charge on any atom is 0.490 e. The standard InChI is InChI=1S/C15H17NO6.C13H13NO5.C2HF3O2.2CH4/c1-2-14(19)10-7-11-15(21-5-6-22-15)3-4-16(11)12(17)9(10)8-20-13(14)18;1-2-13(18)8-5-9-10(15)3-4-14(9)11(16)7(8)6-19-12(13)17;3-2(4,5)1(6)7;;/h7,19H,2-6,8H2,1H3;5,18H,2-4,6H2,1H3;(H,6,7);2*1H4/t14-;13-;;;/m00.../s1. The van der Waals surface area contributed by atoms with Gasteiger partial charge < -0.3 is 43.4 Å². The van der Waals surface area contributed by atoms with E-state index in [0.717, 1.165) is 0 Å². The fourth-order valence-corrected chi connectivity index (χ4v) is 6.27. The maximum atomic E-state index is 12.7. The lowest BCUT2D eigenvalue weighted by molar-refractivity contribution is -0.192. The summed E-state index contributed by atoms with van der Waals surface area (Å²) in [5.74, 6) is -5.31. The van der Waals surface area contributed by atoms with Gasteiger partial charge in [-0.05, 0) is 25.0 Å². The SMILES string of the molecule is C.C.CC[C@@]1(O)C(=O)OCc2c1cc1n(c2=O)CCC12OCCO2.CC[C@@]1(O)C(=O)OCc2c1cc1n(c2=O)CCC1=O.O=C(O)C(F)(F)F. The summed E-state index contributed by atoms with van der Waals surface area (Å²) in [4.78, 5) is 69.3. The molecule has 0 unspecified atom stereocenters. The van der Waals surface area contributed by atoms with Gasteiger partial charge in [-0.2, -0.15) is 13.2 Å². The van der Waals surface area contributed by atoms with Crippen LogP contribution in [0.5, 0.6) is 0 Å². The number of ketones is 1. The van der Waals surface area contributed by atoms with Crippen LogP contribution in [0.15, 0.2) is 21.7 Å². The van der Waals surface area contributed by atoms with Gasteiger partial charge in [-0.15, -0.1) is 0 Å². The number of Topliss-reactive ketones (excluding diaryl/α,β-unsaturated/α-hetero) is 1. The highest BCUT2D eigenvalue weighted by Crippen LogP contribution is 2.43. The highest BCUT2D eigenvalue weighted by molar-refractivity contribution is 5.97. The van der Waals surface area contributed by atoms with Crippen molar-refractivity contribution in [2.24, 2.45) is 0 Å². The zero-order chi connectivity index (χ0) is 35.4. The molecular weight excluding hydrogens is 677 g/mol. The molecule has 0 saturated carbocycles. The Hall–Kier alpha value is -4.39. The average Bonchev–Trinajstić information content (AvgIpc) is 3.78. The van der Waals surface area contributed by atoms with Crippen molar-refractivity contribution >= 4 is 23.7 Å². The lowest BCUT2D eigenvalue weighted by Crippen LogP contribution is -2.45. The summed E-state index contributed by atoms with van der Waals surface area (Å²) in [5, 5.41) is 28.2. The van der Waals surface area contributed by atoms with Gasteiger partial charge in [0.1, 0.15) is 13.2 Å². The largest absolute Gasteiger partial charge is 0.490 e. The number of alkyl halides is 3. The Morgan fingerprint density at radius 2 is 1.28 bits per heavy atom. The van der Waals surface area contributed by atoms with Crippen molar-refractivity contribution in [3.8, 4) is 0 Å². The number of fused-ring (bicyclic) bond motifs is 5. The molecule has 3 N–H and O–H groups in total. The van der Waals surface area contributed by atoms with Crippen molar-refractivity contribution in [2.45, 2.75) is 104 Å². The zero-order valence-corrected chi connectivity index (χ0v) is 25.7. The molecule has 1 spiro atoms. The van der Waals surface area contributed by atoms with E-state index in [9.17, 15) is 47.4 Å². The third-order valence-electron chi connectivity index (χ3n) is 8.98. The summed E-state index contributed by atoms with van der Waals surface area (Å²) >= 11 is 0. The van der Waals surface area contributed by atoms with E-state index >= 15 is 0 Å². The lowest BCUT2D eigenvalue weighted by Gasteiger charge is -2.32. The molecule has 1 saturated heterocycles. The second-order valence-electron chi connectivity index (χ2n) is 11.5. The number of aliphatic hydroxyl groups is 2. The van der Waals surface area contributed by atoms with Crippen LogP contribution in [-0.2, 0) is 76.6 Å². The van der Waals surface area contributed by atoms with Gasteiger partial charge in [-0.1, -0.05) is 28.7 Å². The highest BCUT2D eigenvalue weighted by Gasteiger charge is 2.50. The average molecular weight is 717 g/mol. The molecule has 15 nitrogen and oxygen atoms in total. The van der Waals surface area contributed by atoms with Crippen molar-refractivity contribution in [3.63, 3.8) is 0 Å². The van der Waals surface area contributed by atoms with Gasteiger partial charge in [0, 0.05) is 37.1 Å². The first-order valence-electron chi connectivity index (χ1n) is 14.9. The first-order valence-corrected chi connectivity index (χ1v) is 14.9. The van der Waals surface area contributed by atoms with Crippen molar-refractivity contribution in [3.05, 3.63) is 66.5 Å². The number of halogens is 3. The van der Waals surface area contributed by atoms with E-state index < -0.39 is 41.1 Å². The number of nitrogens with zero attached hydrogens (tertiary/aromatic N) is 2. The van der Waals surface area contributed by atoms with Gasteiger partial charge in [0.15, 0.2) is 17.0 Å². The molecule has 5 aliphatic rings. The molecule has 1 fully saturated rings. The molecule has 18 heteroatoms. The number of ether oxygens (including phenoxy) is 4. The van der Waals surface area contributed by atoms with Crippen molar-refractivity contribution in [2.75, 3.05) is 13.2 Å². The Morgan fingerprint density at radius 1 is 0.820 bits per heavy atom. The number of carboxylic acids is 1. The number of aliphatic carboxylic acids is 1. The number of pyridine rings is 2. The van der Waals surface area contributed by atoms with Crippen LogP contribution in [0.25, 0.3) is 0 Å². The molecule has 2 atom stereocenters. The molecule has 2 aromatic heterocycles. The number of cyclic esters (lactones) is 2. The summed E-state index contributed by atoms with van der Waals surface area (Å²) < 4.78 is 56.1. The Morgan fingerprint density at radius 3 is 1.74 bits per heavy atom. The Kier molecular flexibility index (Phi) is 11.3. The third-order valence-corrected chi connectivity index (χ3v) is 8.98. The van der Waals surface area contributed by atoms with Crippen LogP contribution >= 0.6 is 0 Å². The topological polar surface area (TPSA) is 210 Å². The number of carbonyl (C=O) groups is 4. The predicted octanol–water partition coefficient (Wildman–Crippen LogP) is 2.10. The van der Waals surface area contributed by atoms with Gasteiger partial charge in [-0.25, -0.2) is 14.4 Å². The second kappa shape index (κ2) is 14.1. The smallest absolute Gasteiger partial charge is 0.475 e. The number of aromatic nitrogens is 2. The van der Waals surface area contributed by atoms with Crippen LogP contribution in [0.2, 0.25) is 0 Å². The number of hydrogen-bond acceptors (Lipinski definition) is 12. The fraction of sp³-hybridized carbons (Fsp3) is 0.562. The minimum atomic E-state index is -5.08. The monoisotopic (exact) mass is 716 g/mol. The van der Waals surface area contributed by atoms with E-state index in [1.807, 2.05) is 0 Å². The van der Waals surface area contributed by atoms with Crippen LogP contribution < -0.4 is 11.1 Å². The van der Waals surface area contributed by atoms with E-state index in [1.54, 1.807) is 24.5 Å². The highest BCUT2D eigenvalue weighted by atomic mass is 19.4. The summed E-state index contributed by atoms with van der Waals surface area (Å²) in [6.07, 6.45) is -4.03. The molecule has 7 rings (SSSR count). The zero-order valence-electron chi connectivity index (χ0n) is 25.7. The summed E-state index contributed by atoms with van der Waals surface area (Å²) in [7, 11) is 0. The summed E-state index contributed by atoms with van der Waals surface area (Å²) in [6.45, 7) is 4.81. The van der Waals surface area contributed by atoms with E-state index in [-0.39, 0.29) is 81.1 Å². The predicted molar refractivity (Wildman–Crippen MR) is 164 cm³/mol. The van der Waals surface area contributed by atoms with Gasteiger partial charge in [0.25, 0.3) is 11.1 Å². The Labute approximate surface area is 283 Å². The van der Waals surface area contributed by atoms with Crippen LogP contribution in [0.1, 0.15) is 92.8 Å². The first-order chi connectivity index (χ1) is 22.4. The maximum absolute atomic E-state index is 12.7. The van der Waals surface area contributed by atoms with E-state index in [2.05, 4.69) is 0 Å². The third kappa shape index (κ3) is 6.36. The summed E-state index contributed by atoms with van der Waals surface area (Å²) in [6, 6.07) is 3.15. The molecule has 0 amide bonds. The number of carbonyl (C=O) groups excluding carboxylic acids is 3. The van der Waals surface area contributed by atoms with Crippen molar-refractivity contribution in [1.29, 1.82) is 0 Å². The van der Waals surface area contributed by atoms with E-state index in [4.69, 9.17) is 28.8 Å². The number of carboxylic acid groups (broad SMARTS) is 1. The molecule has 276 valence electrons. The molecule has 0 bridgehead atoms. The van der Waals surface area contributed by atoms with Crippen LogP contribution in [-0.4, -0.2) is 67.5 Å². The molecular formula is C32H39F3N2O13. The van der Waals surface area contributed by atoms with Crippen molar-refractivity contribution in [1.82, 2.24) is 9.13 Å². The number of esters is 2. The van der Waals surface area contributed by atoms with Gasteiger partial charge >= 0.3 is 24.1 Å². The minimum Gasteiger partial charge on any atom is -0.475 e. The molecule has 0 aliphatic carbocycles. The Bertz CT molecular complexity index is 1830. The van der Waals surface area contributed by atoms with Gasteiger partial charge in [-0.3, -0.25) is 14.4 Å². The van der Waals surface area contributed by atoms with Crippen LogP contribution in [0.4, 0.5) is 13.2 Å². The van der Waals surface area contributed by atoms with Crippen LogP contribution in [0, 0.1) is 0 Å². The fourth-order valence-electron chi connectivity index (χ4n) is 6.27. The van der Waals surface area contributed by atoms with E-state index in [1.165, 1.54) is 10.6 Å². The quantitative estimate of drug-likeness (QED) is 0.381. The van der Waals surface area contributed by atoms with Gasteiger partial charge in [0.05, 0.1) is 35.7 Å². The molecule has 7 heterocycles. The molecule has 0 radical (unpaired) electrons. The number of hydrogen-bond donors (Lipinski definition) is 3. The lowest BCUT2D eigenvalue weighted by atomic mass is 9.85. The van der Waals surface area contributed by atoms with Gasteiger partial charge in [0.2, 0.25) is 5.79 Å².